The second-order valence-electron chi connectivity index (χ2n) is 9.11. The normalized spacial score (nSPS) is 26.0. The Morgan fingerprint density at radius 2 is 1.97 bits per heavy atom. The van der Waals surface area contributed by atoms with Crippen molar-refractivity contribution >= 4 is 48.1 Å². The Bertz CT molecular complexity index is 834. The minimum Gasteiger partial charge on any atom is -0.465 e. The Labute approximate surface area is 205 Å². The van der Waals surface area contributed by atoms with Gasteiger partial charge in [0.05, 0.1) is 19.1 Å². The molecule has 0 amide bonds. The van der Waals surface area contributed by atoms with Gasteiger partial charge in [-0.15, -0.1) is 36.2 Å². The molecule has 1 aromatic heterocycles. The van der Waals surface area contributed by atoms with Crippen molar-refractivity contribution in [2.24, 2.45) is 5.41 Å². The molecule has 2 spiro atoms. The van der Waals surface area contributed by atoms with E-state index in [0.29, 0.717) is 11.5 Å². The minimum atomic E-state index is -0.288. The van der Waals surface area contributed by atoms with Crippen LogP contribution in [0.25, 0.3) is 0 Å². The fourth-order valence-corrected chi connectivity index (χ4v) is 6.96. The molecule has 3 fully saturated rings. The molecule has 10 heteroatoms. The zero-order valence-corrected chi connectivity index (χ0v) is 20.8. The van der Waals surface area contributed by atoms with Crippen LogP contribution in [-0.4, -0.2) is 69.4 Å². The summed E-state index contributed by atoms with van der Waals surface area (Å²) in [7, 11) is 1.43. The van der Waals surface area contributed by atoms with Gasteiger partial charge in [-0.1, -0.05) is 0 Å². The van der Waals surface area contributed by atoms with E-state index in [1.165, 1.54) is 28.9 Å². The Morgan fingerprint density at radius 3 is 2.66 bits per heavy atom. The molecule has 3 saturated heterocycles. The third kappa shape index (κ3) is 4.55. The van der Waals surface area contributed by atoms with Gasteiger partial charge in [-0.05, 0) is 56.8 Å². The van der Waals surface area contributed by atoms with Crippen LogP contribution in [-0.2, 0) is 31.0 Å². The van der Waals surface area contributed by atoms with Crippen molar-refractivity contribution in [3.63, 3.8) is 0 Å². The maximum atomic E-state index is 12.5. The van der Waals surface area contributed by atoms with Gasteiger partial charge in [0, 0.05) is 30.9 Å². The largest absolute Gasteiger partial charge is 0.465 e. The number of nitrogens with one attached hydrogen (secondary N) is 1. The minimum absolute atomic E-state index is 0. The fraction of sp³-hybridized carbons (Fsp3) is 0.727. The van der Waals surface area contributed by atoms with Crippen molar-refractivity contribution in [2.75, 3.05) is 46.4 Å². The van der Waals surface area contributed by atoms with E-state index in [4.69, 9.17) is 14.2 Å². The third-order valence-corrected chi connectivity index (χ3v) is 8.71. The average Bonchev–Trinajstić information content (AvgIpc) is 3.33. The molecule has 0 bridgehead atoms. The summed E-state index contributed by atoms with van der Waals surface area (Å²) in [5.41, 5.74) is 0.691. The zero-order valence-electron chi connectivity index (χ0n) is 18.4. The van der Waals surface area contributed by atoms with Crippen LogP contribution in [0.5, 0.6) is 0 Å². The van der Waals surface area contributed by atoms with E-state index in [0.717, 1.165) is 71.2 Å². The molecule has 1 N–H and O–H groups in total. The molecule has 5 heterocycles. The summed E-state index contributed by atoms with van der Waals surface area (Å²) in [5.74, 6) is -0.256. The Balaban J connectivity index is 0.00000144. The molecule has 1 aromatic rings. The number of halogens is 2. The SMILES string of the molecule is COC(=O)c1cc2c(s1)C1(CCN(CC3CC4(CCNCC4)C(=O)O3)CC1)OCC2.Cl.Cl. The number of fused-ring (bicyclic) bond motifs is 2. The van der Waals surface area contributed by atoms with E-state index in [1.54, 1.807) is 0 Å². The molecule has 0 radical (unpaired) electrons. The number of nitrogens with zero attached hydrogens (tertiary/aromatic N) is 1. The van der Waals surface area contributed by atoms with E-state index in [9.17, 15) is 9.59 Å². The number of cyclic esters (lactones) is 1. The zero-order chi connectivity index (χ0) is 20.8. The molecule has 4 aliphatic heterocycles. The van der Waals surface area contributed by atoms with E-state index in [2.05, 4.69) is 10.2 Å². The third-order valence-electron chi connectivity index (χ3n) is 7.37. The van der Waals surface area contributed by atoms with Crippen LogP contribution in [0.3, 0.4) is 0 Å². The number of methoxy groups -OCH3 is 1. The number of carbonyl (C=O) groups excluding carboxylic acids is 2. The fourth-order valence-electron chi connectivity index (χ4n) is 5.63. The molecule has 0 aromatic carbocycles. The van der Waals surface area contributed by atoms with Gasteiger partial charge in [-0.3, -0.25) is 9.69 Å². The van der Waals surface area contributed by atoms with Crippen molar-refractivity contribution < 1.29 is 23.8 Å². The van der Waals surface area contributed by atoms with Gasteiger partial charge in [0.25, 0.3) is 0 Å². The van der Waals surface area contributed by atoms with E-state index >= 15 is 0 Å². The lowest BCUT2D eigenvalue weighted by atomic mass is 9.76. The number of likely N-dealkylation sites (tertiary alicyclic amines) is 1. The highest BCUT2D eigenvalue weighted by atomic mass is 35.5. The second kappa shape index (κ2) is 10.2. The number of hydrogen-bond acceptors (Lipinski definition) is 8. The molecule has 0 saturated carbocycles. The van der Waals surface area contributed by atoms with Gasteiger partial charge in [0.2, 0.25) is 0 Å². The topological polar surface area (TPSA) is 77.1 Å². The van der Waals surface area contributed by atoms with Crippen molar-refractivity contribution in [1.82, 2.24) is 10.2 Å². The predicted octanol–water partition coefficient (Wildman–Crippen LogP) is 2.93. The molecule has 7 nitrogen and oxygen atoms in total. The molecule has 32 heavy (non-hydrogen) atoms. The number of ether oxygens (including phenoxy) is 3. The maximum Gasteiger partial charge on any atom is 0.348 e. The van der Waals surface area contributed by atoms with Crippen molar-refractivity contribution in [3.05, 3.63) is 21.4 Å². The smallest absolute Gasteiger partial charge is 0.348 e. The molecule has 1 unspecified atom stereocenters. The van der Waals surface area contributed by atoms with Crippen LogP contribution in [0.1, 0.15) is 52.2 Å². The van der Waals surface area contributed by atoms with Crippen LogP contribution >= 0.6 is 36.2 Å². The first-order valence-electron chi connectivity index (χ1n) is 11.0. The maximum absolute atomic E-state index is 12.5. The summed E-state index contributed by atoms with van der Waals surface area (Å²) in [6.45, 7) is 5.13. The summed E-state index contributed by atoms with van der Waals surface area (Å²) < 4.78 is 17.0. The first-order chi connectivity index (χ1) is 14.5. The monoisotopic (exact) mass is 506 g/mol. The lowest BCUT2D eigenvalue weighted by Crippen LogP contribution is -2.47. The number of thiophene rings is 1. The van der Waals surface area contributed by atoms with Gasteiger partial charge in [0.1, 0.15) is 16.6 Å². The van der Waals surface area contributed by atoms with E-state index < -0.39 is 0 Å². The molecule has 0 aliphatic carbocycles. The summed E-state index contributed by atoms with van der Waals surface area (Å²) in [6.07, 6.45) is 5.28. The highest BCUT2D eigenvalue weighted by Gasteiger charge is 2.50. The van der Waals surface area contributed by atoms with Crippen molar-refractivity contribution in [3.8, 4) is 0 Å². The molecule has 5 rings (SSSR count). The first-order valence-corrected chi connectivity index (χ1v) is 11.8. The van der Waals surface area contributed by atoms with Crippen LogP contribution in [0.2, 0.25) is 0 Å². The number of rotatable bonds is 3. The summed E-state index contributed by atoms with van der Waals surface area (Å²) in [4.78, 5) is 28.8. The summed E-state index contributed by atoms with van der Waals surface area (Å²) >= 11 is 1.53. The first kappa shape index (κ1) is 25.7. The standard InChI is InChI=1S/C22H30N2O5S.2ClH/c1-27-19(25)17-12-15-2-11-28-22(18(15)30-17)5-9-24(10-6-22)14-16-13-21(20(26)29-16)3-7-23-8-4-21;;/h12,16,23H,2-11,13-14H2,1H3;2*1H. The van der Waals surface area contributed by atoms with E-state index in [-0.39, 0.29) is 53.9 Å². The van der Waals surface area contributed by atoms with Gasteiger partial charge in [0.15, 0.2) is 0 Å². The number of piperidine rings is 2. The van der Waals surface area contributed by atoms with Crippen LogP contribution < -0.4 is 5.32 Å². The highest BCUT2D eigenvalue weighted by Crippen LogP contribution is 2.46. The molecular weight excluding hydrogens is 475 g/mol. The van der Waals surface area contributed by atoms with E-state index in [1.807, 2.05) is 6.07 Å². The quantitative estimate of drug-likeness (QED) is 0.631. The Hall–Kier alpha value is -0.900. The van der Waals surface area contributed by atoms with Gasteiger partial charge in [-0.25, -0.2) is 4.79 Å². The predicted molar refractivity (Wildman–Crippen MR) is 126 cm³/mol. The van der Waals surface area contributed by atoms with Gasteiger partial charge >= 0.3 is 11.9 Å². The van der Waals surface area contributed by atoms with Gasteiger partial charge < -0.3 is 19.5 Å². The van der Waals surface area contributed by atoms with Gasteiger partial charge in [-0.2, -0.15) is 0 Å². The molecule has 1 atom stereocenters. The lowest BCUT2D eigenvalue weighted by molar-refractivity contribution is -0.150. The highest BCUT2D eigenvalue weighted by molar-refractivity contribution is 7.14. The number of carbonyl (C=O) groups is 2. The molecule has 4 aliphatic rings. The summed E-state index contributed by atoms with van der Waals surface area (Å²) in [6, 6.07) is 1.99. The molecular formula is C22H32Cl2N2O5S. The van der Waals surface area contributed by atoms with Crippen LogP contribution in [0, 0.1) is 5.41 Å². The Morgan fingerprint density at radius 1 is 1.25 bits per heavy atom. The number of hydrogen-bond donors (Lipinski definition) is 1. The van der Waals surface area contributed by atoms with Crippen molar-refractivity contribution in [1.29, 1.82) is 0 Å². The average molecular weight is 507 g/mol. The lowest BCUT2D eigenvalue weighted by Gasteiger charge is -2.44. The number of esters is 2. The Kier molecular flexibility index (Phi) is 8.16. The molecule has 180 valence electrons. The van der Waals surface area contributed by atoms with Crippen molar-refractivity contribution in [2.45, 2.75) is 50.2 Å². The second-order valence-corrected chi connectivity index (χ2v) is 10.2. The van der Waals surface area contributed by atoms with Crippen LogP contribution in [0.15, 0.2) is 6.07 Å². The van der Waals surface area contributed by atoms with Crippen LogP contribution in [0.4, 0.5) is 0 Å². The summed E-state index contributed by atoms with van der Waals surface area (Å²) in [5, 5.41) is 3.35.